The van der Waals surface area contributed by atoms with Crippen LogP contribution in [-0.2, 0) is 10.2 Å². The molecule has 1 aromatic carbocycles. The van der Waals surface area contributed by atoms with Crippen LogP contribution in [0.5, 0.6) is 0 Å². The quantitative estimate of drug-likeness (QED) is 0.865. The zero-order valence-electron chi connectivity index (χ0n) is 10.5. The van der Waals surface area contributed by atoms with E-state index in [2.05, 4.69) is 0 Å². The number of benzene rings is 1. The van der Waals surface area contributed by atoms with Crippen LogP contribution in [0.15, 0.2) is 24.3 Å². The maximum atomic E-state index is 12.9. The van der Waals surface area contributed by atoms with E-state index in [1.165, 1.54) is 12.1 Å². The third-order valence-corrected chi connectivity index (χ3v) is 3.60. The summed E-state index contributed by atoms with van der Waals surface area (Å²) in [7, 11) is 0. The van der Waals surface area contributed by atoms with E-state index in [-0.39, 0.29) is 18.3 Å². The molecule has 1 N–H and O–H groups in total. The number of nitrogens with zero attached hydrogens (tertiary/aromatic N) is 1. The number of carbonyl (C=O) groups is 1. The van der Waals surface area contributed by atoms with Crippen LogP contribution in [0.2, 0.25) is 0 Å². The van der Waals surface area contributed by atoms with Crippen molar-refractivity contribution in [1.29, 1.82) is 0 Å². The molecule has 0 heterocycles. The molecule has 1 fully saturated rings. The molecule has 2 rings (SSSR count). The Balaban J connectivity index is 2.20. The summed E-state index contributed by atoms with van der Waals surface area (Å²) in [6, 6.07) is 6.16. The molecular formula is C14H18FNO2. The lowest BCUT2D eigenvalue weighted by Gasteiger charge is -2.25. The fourth-order valence-corrected chi connectivity index (χ4v) is 2.35. The Kier molecular flexibility index (Phi) is 3.66. The molecule has 0 aliphatic heterocycles. The van der Waals surface area contributed by atoms with Crippen molar-refractivity contribution in [1.82, 2.24) is 4.90 Å². The van der Waals surface area contributed by atoms with Gasteiger partial charge in [0.05, 0.1) is 12.0 Å². The molecule has 98 valence electrons. The normalized spacial score (nSPS) is 16.4. The molecule has 0 aromatic heterocycles. The number of carbonyl (C=O) groups excluding carboxylic acids is 1. The number of aliphatic hydroxyl groups is 1. The molecule has 0 saturated heterocycles. The van der Waals surface area contributed by atoms with Gasteiger partial charge in [-0.3, -0.25) is 4.79 Å². The molecule has 18 heavy (non-hydrogen) atoms. The van der Waals surface area contributed by atoms with E-state index < -0.39 is 5.41 Å². The minimum atomic E-state index is -0.473. The smallest absolute Gasteiger partial charge is 0.233 e. The third kappa shape index (κ3) is 2.25. The predicted octanol–water partition coefficient (Wildman–Crippen LogP) is 1.70. The second kappa shape index (κ2) is 5.06. The van der Waals surface area contributed by atoms with Gasteiger partial charge in [-0.15, -0.1) is 0 Å². The number of aliphatic hydroxyl groups excluding tert-OH is 1. The van der Waals surface area contributed by atoms with Gasteiger partial charge < -0.3 is 10.0 Å². The monoisotopic (exact) mass is 251 g/mol. The summed E-state index contributed by atoms with van der Waals surface area (Å²) in [4.78, 5) is 14.1. The van der Waals surface area contributed by atoms with Crippen LogP contribution in [-0.4, -0.2) is 35.6 Å². The standard InChI is InChI=1S/C14H18FNO2/c1-2-16(9-10-17)13(18)14(7-8-14)11-3-5-12(15)6-4-11/h3-6,17H,2,7-10H2,1H3. The Morgan fingerprint density at radius 3 is 2.44 bits per heavy atom. The number of rotatable bonds is 5. The zero-order chi connectivity index (χ0) is 13.2. The molecule has 1 saturated carbocycles. The van der Waals surface area contributed by atoms with E-state index in [1.807, 2.05) is 6.92 Å². The average molecular weight is 251 g/mol. The molecule has 0 unspecified atom stereocenters. The van der Waals surface area contributed by atoms with Crippen LogP contribution in [0.1, 0.15) is 25.3 Å². The number of hydrogen-bond donors (Lipinski definition) is 1. The summed E-state index contributed by atoms with van der Waals surface area (Å²) in [5, 5.41) is 8.97. The van der Waals surface area contributed by atoms with E-state index in [4.69, 9.17) is 5.11 Å². The summed E-state index contributed by atoms with van der Waals surface area (Å²) in [6.45, 7) is 2.81. The van der Waals surface area contributed by atoms with Crippen molar-refractivity contribution in [2.24, 2.45) is 0 Å². The van der Waals surface area contributed by atoms with Gasteiger partial charge in [-0.05, 0) is 37.5 Å². The largest absolute Gasteiger partial charge is 0.395 e. The zero-order valence-corrected chi connectivity index (χ0v) is 10.5. The van der Waals surface area contributed by atoms with E-state index in [0.717, 1.165) is 18.4 Å². The SMILES string of the molecule is CCN(CCO)C(=O)C1(c2ccc(F)cc2)CC1. The second-order valence-corrected chi connectivity index (χ2v) is 4.70. The molecule has 1 aliphatic carbocycles. The fourth-order valence-electron chi connectivity index (χ4n) is 2.35. The summed E-state index contributed by atoms with van der Waals surface area (Å²) in [5.41, 5.74) is 0.407. The first-order valence-corrected chi connectivity index (χ1v) is 6.30. The van der Waals surface area contributed by atoms with Crippen molar-refractivity contribution in [3.05, 3.63) is 35.6 Å². The Morgan fingerprint density at radius 1 is 1.39 bits per heavy atom. The molecule has 0 bridgehead atoms. The van der Waals surface area contributed by atoms with Crippen LogP contribution in [0.3, 0.4) is 0 Å². The predicted molar refractivity (Wildman–Crippen MR) is 66.7 cm³/mol. The molecular weight excluding hydrogens is 233 g/mol. The van der Waals surface area contributed by atoms with Gasteiger partial charge in [-0.25, -0.2) is 4.39 Å². The summed E-state index contributed by atoms with van der Waals surface area (Å²) < 4.78 is 12.9. The van der Waals surface area contributed by atoms with Gasteiger partial charge in [0, 0.05) is 13.1 Å². The molecule has 0 radical (unpaired) electrons. The van der Waals surface area contributed by atoms with E-state index in [0.29, 0.717) is 13.1 Å². The highest BCUT2D eigenvalue weighted by Gasteiger charge is 2.52. The first-order chi connectivity index (χ1) is 8.64. The average Bonchev–Trinajstić information content (AvgIpc) is 3.17. The summed E-state index contributed by atoms with van der Waals surface area (Å²) in [6.07, 6.45) is 1.61. The van der Waals surface area contributed by atoms with Gasteiger partial charge >= 0.3 is 0 Å². The van der Waals surface area contributed by atoms with E-state index in [9.17, 15) is 9.18 Å². The number of hydrogen-bond acceptors (Lipinski definition) is 2. The summed E-state index contributed by atoms with van der Waals surface area (Å²) >= 11 is 0. The molecule has 1 aromatic rings. The molecule has 1 aliphatic rings. The topological polar surface area (TPSA) is 40.5 Å². The maximum Gasteiger partial charge on any atom is 0.233 e. The van der Waals surface area contributed by atoms with Gasteiger partial charge in [-0.2, -0.15) is 0 Å². The first kappa shape index (κ1) is 13.0. The molecule has 1 amide bonds. The minimum absolute atomic E-state index is 0.0287. The molecule has 3 nitrogen and oxygen atoms in total. The van der Waals surface area contributed by atoms with Gasteiger partial charge in [-0.1, -0.05) is 12.1 Å². The Labute approximate surface area is 106 Å². The highest BCUT2D eigenvalue weighted by Crippen LogP contribution is 2.49. The van der Waals surface area contributed by atoms with Crippen molar-refractivity contribution in [3.8, 4) is 0 Å². The van der Waals surface area contributed by atoms with Crippen molar-refractivity contribution >= 4 is 5.91 Å². The van der Waals surface area contributed by atoms with Crippen molar-refractivity contribution < 1.29 is 14.3 Å². The van der Waals surface area contributed by atoms with Crippen LogP contribution < -0.4 is 0 Å². The molecule has 4 heteroatoms. The fraction of sp³-hybridized carbons (Fsp3) is 0.500. The minimum Gasteiger partial charge on any atom is -0.395 e. The summed E-state index contributed by atoms with van der Waals surface area (Å²) in [5.74, 6) is -0.240. The van der Waals surface area contributed by atoms with E-state index >= 15 is 0 Å². The number of likely N-dealkylation sites (N-methyl/N-ethyl adjacent to an activating group) is 1. The van der Waals surface area contributed by atoms with Crippen LogP contribution in [0.25, 0.3) is 0 Å². The Bertz CT molecular complexity index is 426. The Morgan fingerprint density at radius 2 is 2.00 bits per heavy atom. The third-order valence-electron chi connectivity index (χ3n) is 3.60. The van der Waals surface area contributed by atoms with Gasteiger partial charge in [0.25, 0.3) is 0 Å². The highest BCUT2D eigenvalue weighted by molar-refractivity contribution is 5.91. The first-order valence-electron chi connectivity index (χ1n) is 6.30. The van der Waals surface area contributed by atoms with Gasteiger partial charge in [0.2, 0.25) is 5.91 Å². The van der Waals surface area contributed by atoms with Crippen molar-refractivity contribution in [3.63, 3.8) is 0 Å². The van der Waals surface area contributed by atoms with E-state index in [1.54, 1.807) is 17.0 Å². The van der Waals surface area contributed by atoms with Crippen molar-refractivity contribution in [2.45, 2.75) is 25.2 Å². The molecule has 0 spiro atoms. The number of amides is 1. The Hall–Kier alpha value is -1.42. The van der Waals surface area contributed by atoms with Gasteiger partial charge in [0.15, 0.2) is 0 Å². The van der Waals surface area contributed by atoms with Gasteiger partial charge in [0.1, 0.15) is 5.82 Å². The lowest BCUT2D eigenvalue weighted by molar-refractivity contribution is -0.134. The highest BCUT2D eigenvalue weighted by atomic mass is 19.1. The molecule has 0 atom stereocenters. The maximum absolute atomic E-state index is 12.9. The van der Waals surface area contributed by atoms with Crippen LogP contribution in [0.4, 0.5) is 4.39 Å². The van der Waals surface area contributed by atoms with Crippen molar-refractivity contribution in [2.75, 3.05) is 19.7 Å². The van der Waals surface area contributed by atoms with Crippen LogP contribution >= 0.6 is 0 Å². The lowest BCUT2D eigenvalue weighted by atomic mass is 9.94. The van der Waals surface area contributed by atoms with Crippen LogP contribution in [0, 0.1) is 5.82 Å². The second-order valence-electron chi connectivity index (χ2n) is 4.70. The number of halogens is 1. The lowest BCUT2D eigenvalue weighted by Crippen LogP contribution is -2.40.